The fourth-order valence-electron chi connectivity index (χ4n) is 4.02. The minimum Gasteiger partial charge on any atom is -0.496 e. The molecule has 0 aromatic heterocycles. The summed E-state index contributed by atoms with van der Waals surface area (Å²) in [7, 11) is 1.50. The van der Waals surface area contributed by atoms with E-state index in [4.69, 9.17) is 9.47 Å². The highest BCUT2D eigenvalue weighted by molar-refractivity contribution is 5.95. The molecule has 0 aliphatic carbocycles. The average Bonchev–Trinajstić information content (AvgIpc) is 3.33. The van der Waals surface area contributed by atoms with Gasteiger partial charge in [0.05, 0.1) is 12.7 Å². The molecule has 6 nitrogen and oxygen atoms in total. The highest BCUT2D eigenvalue weighted by Gasteiger charge is 2.31. The third kappa shape index (κ3) is 4.03. The van der Waals surface area contributed by atoms with E-state index < -0.39 is 0 Å². The second kappa shape index (κ2) is 8.83. The van der Waals surface area contributed by atoms with Gasteiger partial charge in [-0.1, -0.05) is 18.2 Å². The molecule has 4 rings (SSSR count). The Labute approximate surface area is 175 Å². The summed E-state index contributed by atoms with van der Waals surface area (Å²) in [5.41, 5.74) is 1.56. The number of ether oxygens (including phenoxy) is 2. The maximum atomic E-state index is 14.3. The van der Waals surface area contributed by atoms with Crippen molar-refractivity contribution >= 4 is 11.8 Å². The molecule has 2 aliphatic rings. The number of hydrogen-bond acceptors (Lipinski definition) is 4. The Bertz CT molecular complexity index is 917. The van der Waals surface area contributed by atoms with E-state index in [0.717, 1.165) is 12.8 Å². The molecule has 2 fully saturated rings. The van der Waals surface area contributed by atoms with E-state index in [1.54, 1.807) is 46.2 Å². The molecule has 2 amide bonds. The van der Waals surface area contributed by atoms with E-state index in [-0.39, 0.29) is 23.7 Å². The number of methoxy groups -OCH3 is 1. The lowest BCUT2D eigenvalue weighted by molar-refractivity contribution is -0.142. The van der Waals surface area contributed by atoms with Crippen molar-refractivity contribution in [3.8, 4) is 16.9 Å². The lowest BCUT2D eigenvalue weighted by atomic mass is 10.0. The number of carbonyl (C=O) groups is 2. The van der Waals surface area contributed by atoms with Crippen molar-refractivity contribution < 1.29 is 23.5 Å². The summed E-state index contributed by atoms with van der Waals surface area (Å²) in [6, 6.07) is 11.5. The van der Waals surface area contributed by atoms with Crippen LogP contribution in [0.2, 0.25) is 0 Å². The molecular formula is C23H25FN2O4. The molecule has 158 valence electrons. The number of carbonyl (C=O) groups excluding carboxylic acids is 2. The molecular weight excluding hydrogens is 387 g/mol. The van der Waals surface area contributed by atoms with Crippen LogP contribution in [0.5, 0.6) is 5.75 Å². The van der Waals surface area contributed by atoms with Crippen molar-refractivity contribution in [2.24, 2.45) is 0 Å². The van der Waals surface area contributed by atoms with Crippen LogP contribution in [0.4, 0.5) is 4.39 Å². The van der Waals surface area contributed by atoms with Crippen LogP contribution in [0.25, 0.3) is 11.1 Å². The molecule has 2 aromatic rings. The van der Waals surface area contributed by atoms with Gasteiger partial charge in [-0.3, -0.25) is 9.59 Å². The van der Waals surface area contributed by atoms with Gasteiger partial charge in [0.25, 0.3) is 11.8 Å². The molecule has 1 atom stereocenters. The quantitative estimate of drug-likeness (QED) is 0.775. The number of benzene rings is 2. The van der Waals surface area contributed by atoms with Crippen LogP contribution < -0.4 is 4.74 Å². The number of nitrogens with zero attached hydrogens (tertiary/aromatic N) is 2. The first-order valence-corrected chi connectivity index (χ1v) is 10.2. The number of hydrogen-bond donors (Lipinski definition) is 0. The Hall–Kier alpha value is -2.93. The third-order valence-corrected chi connectivity index (χ3v) is 5.70. The zero-order valence-corrected chi connectivity index (χ0v) is 17.0. The Balaban J connectivity index is 1.41. The largest absolute Gasteiger partial charge is 0.496 e. The Morgan fingerprint density at radius 2 is 1.73 bits per heavy atom. The minimum atomic E-state index is -0.375. The first kappa shape index (κ1) is 20.3. The third-order valence-electron chi connectivity index (χ3n) is 5.70. The summed E-state index contributed by atoms with van der Waals surface area (Å²) in [6.07, 6.45) is 1.37. The summed E-state index contributed by atoms with van der Waals surface area (Å²) in [5.74, 6) is 0.00983. The normalized spacial score (nSPS) is 19.1. The van der Waals surface area contributed by atoms with Crippen LogP contribution in [0, 0.1) is 5.82 Å². The molecule has 2 saturated heterocycles. The zero-order chi connectivity index (χ0) is 21.1. The van der Waals surface area contributed by atoms with Gasteiger partial charge in [0.1, 0.15) is 17.7 Å². The van der Waals surface area contributed by atoms with Crippen LogP contribution >= 0.6 is 0 Å². The summed E-state index contributed by atoms with van der Waals surface area (Å²) >= 11 is 0. The molecule has 0 bridgehead atoms. The predicted molar refractivity (Wildman–Crippen MR) is 110 cm³/mol. The monoisotopic (exact) mass is 412 g/mol. The van der Waals surface area contributed by atoms with Gasteiger partial charge in [0, 0.05) is 38.3 Å². The summed E-state index contributed by atoms with van der Waals surface area (Å²) in [6.45, 7) is 2.63. The van der Waals surface area contributed by atoms with Gasteiger partial charge in [0.2, 0.25) is 0 Å². The van der Waals surface area contributed by atoms with Gasteiger partial charge in [-0.15, -0.1) is 0 Å². The highest BCUT2D eigenvalue weighted by atomic mass is 19.1. The molecule has 0 N–H and O–H groups in total. The topological polar surface area (TPSA) is 59.1 Å². The fourth-order valence-corrected chi connectivity index (χ4v) is 4.02. The zero-order valence-electron chi connectivity index (χ0n) is 17.0. The molecule has 2 heterocycles. The number of amides is 2. The molecule has 7 heteroatoms. The number of piperazine rings is 1. The average molecular weight is 412 g/mol. The highest BCUT2D eigenvalue weighted by Crippen LogP contribution is 2.32. The Morgan fingerprint density at radius 1 is 1.03 bits per heavy atom. The Kier molecular flexibility index (Phi) is 5.99. The maximum Gasteiger partial charge on any atom is 0.253 e. The molecule has 2 aliphatic heterocycles. The first-order valence-electron chi connectivity index (χ1n) is 10.2. The second-order valence-electron chi connectivity index (χ2n) is 7.51. The van der Waals surface area contributed by atoms with Crippen molar-refractivity contribution in [1.29, 1.82) is 0 Å². The lowest BCUT2D eigenvalue weighted by Crippen LogP contribution is -2.52. The van der Waals surface area contributed by atoms with Gasteiger partial charge in [0.15, 0.2) is 0 Å². The number of halogens is 1. The molecule has 0 saturated carbocycles. The standard InChI is InChI=1S/C23H25FN2O4/c1-29-19-5-2-4-18(24)21(19)16-7-9-17(10-8-16)22(27)25-11-13-26(14-12-25)23(28)20-6-3-15-30-20/h2,4-5,7-10,20H,3,6,11-15H2,1H3/t20-/m0/s1. The van der Waals surface area contributed by atoms with Gasteiger partial charge < -0.3 is 19.3 Å². The predicted octanol–water partition coefficient (Wildman–Crippen LogP) is 2.96. The van der Waals surface area contributed by atoms with Crippen LogP contribution in [0.3, 0.4) is 0 Å². The van der Waals surface area contributed by atoms with E-state index in [0.29, 0.717) is 55.2 Å². The smallest absolute Gasteiger partial charge is 0.253 e. The number of rotatable bonds is 4. The van der Waals surface area contributed by atoms with Crippen molar-refractivity contribution in [2.75, 3.05) is 39.9 Å². The van der Waals surface area contributed by atoms with E-state index in [1.165, 1.54) is 13.2 Å². The molecule has 0 spiro atoms. The Morgan fingerprint density at radius 3 is 2.37 bits per heavy atom. The summed E-state index contributed by atoms with van der Waals surface area (Å²) < 4.78 is 25.0. The van der Waals surface area contributed by atoms with Gasteiger partial charge in [-0.2, -0.15) is 0 Å². The first-order chi connectivity index (χ1) is 14.6. The van der Waals surface area contributed by atoms with Crippen LogP contribution in [-0.2, 0) is 9.53 Å². The second-order valence-corrected chi connectivity index (χ2v) is 7.51. The molecule has 0 unspecified atom stereocenters. The minimum absolute atomic E-state index is 0.0304. The lowest BCUT2D eigenvalue weighted by Gasteiger charge is -2.35. The van der Waals surface area contributed by atoms with E-state index in [2.05, 4.69) is 0 Å². The van der Waals surface area contributed by atoms with Crippen LogP contribution in [-0.4, -0.2) is 67.6 Å². The van der Waals surface area contributed by atoms with Crippen molar-refractivity contribution in [3.63, 3.8) is 0 Å². The SMILES string of the molecule is COc1cccc(F)c1-c1ccc(C(=O)N2CCN(C(=O)[C@@H]3CCCO3)CC2)cc1. The molecule has 2 aromatic carbocycles. The fraction of sp³-hybridized carbons (Fsp3) is 0.391. The van der Waals surface area contributed by atoms with Crippen LogP contribution in [0.15, 0.2) is 42.5 Å². The van der Waals surface area contributed by atoms with Crippen molar-refractivity contribution in [3.05, 3.63) is 53.8 Å². The van der Waals surface area contributed by atoms with Crippen LogP contribution in [0.1, 0.15) is 23.2 Å². The summed E-state index contributed by atoms with van der Waals surface area (Å²) in [5, 5.41) is 0. The van der Waals surface area contributed by atoms with E-state index in [9.17, 15) is 14.0 Å². The van der Waals surface area contributed by atoms with Gasteiger partial charge >= 0.3 is 0 Å². The van der Waals surface area contributed by atoms with Gasteiger partial charge in [-0.25, -0.2) is 4.39 Å². The summed E-state index contributed by atoms with van der Waals surface area (Å²) in [4.78, 5) is 28.9. The van der Waals surface area contributed by atoms with E-state index >= 15 is 0 Å². The maximum absolute atomic E-state index is 14.3. The van der Waals surface area contributed by atoms with Crippen molar-refractivity contribution in [1.82, 2.24) is 9.80 Å². The molecule has 0 radical (unpaired) electrons. The molecule has 30 heavy (non-hydrogen) atoms. The van der Waals surface area contributed by atoms with E-state index in [1.807, 2.05) is 0 Å². The van der Waals surface area contributed by atoms with Crippen molar-refractivity contribution in [2.45, 2.75) is 18.9 Å². The van der Waals surface area contributed by atoms with Gasteiger partial charge in [-0.05, 0) is 42.7 Å².